The second-order valence-corrected chi connectivity index (χ2v) is 7.84. The van der Waals surface area contributed by atoms with Gasteiger partial charge in [0.05, 0.1) is 23.3 Å². The molecule has 0 aliphatic heterocycles. The first-order valence-electron chi connectivity index (χ1n) is 7.64. The van der Waals surface area contributed by atoms with Gasteiger partial charge >= 0.3 is 5.97 Å². The maximum Gasteiger partial charge on any atom is 0.338 e. The zero-order valence-corrected chi connectivity index (χ0v) is 17.2. The van der Waals surface area contributed by atoms with Gasteiger partial charge in [-0.15, -0.1) is 0 Å². The van der Waals surface area contributed by atoms with Gasteiger partial charge < -0.3 is 14.8 Å². The van der Waals surface area contributed by atoms with Crippen molar-refractivity contribution in [1.82, 2.24) is 0 Å². The zero-order chi connectivity index (χ0) is 21.8. The number of nitrogens with one attached hydrogen (secondary N) is 1. The molecule has 0 heterocycles. The molecule has 0 saturated heterocycles. The summed E-state index contributed by atoms with van der Waals surface area (Å²) in [4.78, 5) is 33.8. The number of nitro benzene ring substituents is 1. The van der Waals surface area contributed by atoms with Gasteiger partial charge in [-0.25, -0.2) is 18.4 Å². The second kappa shape index (κ2) is 8.98. The number of anilines is 1. The number of carbonyl (C=O) groups excluding carboxylic acids is 2. The van der Waals surface area contributed by atoms with Crippen LogP contribution in [0.4, 0.5) is 11.4 Å². The number of hydrogen-bond acceptors (Lipinski definition) is 8. The first kappa shape index (κ1) is 22.3. The fourth-order valence-electron chi connectivity index (χ4n) is 2.15. The van der Waals surface area contributed by atoms with Gasteiger partial charge in [-0.1, -0.05) is 0 Å². The van der Waals surface area contributed by atoms with E-state index in [0.717, 1.165) is 6.07 Å². The van der Waals surface area contributed by atoms with Crippen LogP contribution < -0.4 is 15.2 Å². The average Bonchev–Trinajstić information content (AvgIpc) is 2.66. The van der Waals surface area contributed by atoms with Crippen LogP contribution in [0.2, 0.25) is 0 Å². The molecule has 0 aromatic heterocycles. The van der Waals surface area contributed by atoms with Crippen LogP contribution in [-0.4, -0.2) is 38.9 Å². The Balaban J connectivity index is 2.06. The molecule has 0 atom stereocenters. The van der Waals surface area contributed by atoms with E-state index < -0.39 is 38.3 Å². The molecule has 0 bridgehead atoms. The molecule has 2 aromatic carbocycles. The quantitative estimate of drug-likeness (QED) is 0.338. The minimum Gasteiger partial charge on any atom is -0.495 e. The summed E-state index contributed by atoms with van der Waals surface area (Å²) in [6.45, 7) is -0.682. The van der Waals surface area contributed by atoms with Crippen LogP contribution in [-0.2, 0) is 19.6 Å². The van der Waals surface area contributed by atoms with Crippen molar-refractivity contribution in [2.24, 2.45) is 5.14 Å². The molecule has 3 N–H and O–H groups in total. The minimum atomic E-state index is -4.15. The highest BCUT2D eigenvalue weighted by atomic mass is 79.9. The number of nitro groups is 1. The first-order valence-corrected chi connectivity index (χ1v) is 9.98. The number of halogens is 1. The van der Waals surface area contributed by atoms with E-state index in [4.69, 9.17) is 14.6 Å². The fraction of sp³-hybridized carbons (Fsp3) is 0.125. The summed E-state index contributed by atoms with van der Waals surface area (Å²) in [6, 6.07) is 7.16. The van der Waals surface area contributed by atoms with Gasteiger partial charge in [0.25, 0.3) is 11.6 Å². The van der Waals surface area contributed by atoms with Crippen LogP contribution in [0.25, 0.3) is 0 Å². The third kappa shape index (κ3) is 5.73. The monoisotopic (exact) mass is 487 g/mol. The van der Waals surface area contributed by atoms with Gasteiger partial charge in [0.2, 0.25) is 10.0 Å². The standard InChI is InChI=1S/C16H14BrN3O8S/c1-27-13-5-2-9(6-14(13)29(18,25)26)16(22)28-8-15(21)19-12-4-3-10(20(23)24)7-11(12)17/h2-7H,8H2,1H3,(H,19,21)(H2,18,25,26). The van der Waals surface area contributed by atoms with Crippen molar-refractivity contribution in [2.45, 2.75) is 4.90 Å². The Morgan fingerprint density at radius 1 is 1.24 bits per heavy atom. The summed E-state index contributed by atoms with van der Waals surface area (Å²) < 4.78 is 33.2. The van der Waals surface area contributed by atoms with Gasteiger partial charge in [-0.3, -0.25) is 14.9 Å². The van der Waals surface area contributed by atoms with E-state index in [9.17, 15) is 28.1 Å². The topological polar surface area (TPSA) is 168 Å². The predicted molar refractivity (Wildman–Crippen MR) is 104 cm³/mol. The highest BCUT2D eigenvalue weighted by Gasteiger charge is 2.19. The van der Waals surface area contributed by atoms with E-state index in [1.165, 1.54) is 37.4 Å². The van der Waals surface area contributed by atoms with Crippen LogP contribution >= 0.6 is 15.9 Å². The average molecular weight is 488 g/mol. The number of ether oxygens (including phenoxy) is 2. The Labute approximate surface area is 173 Å². The SMILES string of the molecule is COc1ccc(C(=O)OCC(=O)Nc2ccc([N+](=O)[O-])cc2Br)cc1S(N)(=O)=O. The summed E-state index contributed by atoms with van der Waals surface area (Å²) >= 11 is 3.09. The van der Waals surface area contributed by atoms with E-state index in [-0.39, 0.29) is 27.2 Å². The number of primary sulfonamides is 1. The number of sulfonamides is 1. The van der Waals surface area contributed by atoms with Gasteiger partial charge in [-0.05, 0) is 40.2 Å². The third-order valence-corrected chi connectivity index (χ3v) is 5.07. The number of hydrogen-bond donors (Lipinski definition) is 2. The Kier molecular flexibility index (Phi) is 6.89. The van der Waals surface area contributed by atoms with Gasteiger partial charge in [0.15, 0.2) is 6.61 Å². The summed E-state index contributed by atoms with van der Waals surface area (Å²) in [7, 11) is -2.91. The Morgan fingerprint density at radius 3 is 2.48 bits per heavy atom. The van der Waals surface area contributed by atoms with E-state index in [1.807, 2.05) is 0 Å². The molecule has 0 saturated carbocycles. The molecule has 2 rings (SSSR count). The number of esters is 1. The number of methoxy groups -OCH3 is 1. The molecule has 1 amide bonds. The van der Waals surface area contributed by atoms with E-state index in [2.05, 4.69) is 21.2 Å². The van der Waals surface area contributed by atoms with Crippen molar-refractivity contribution in [3.8, 4) is 5.75 Å². The molecule has 0 unspecified atom stereocenters. The Bertz CT molecular complexity index is 1090. The lowest BCUT2D eigenvalue weighted by Crippen LogP contribution is -2.21. The molecule has 29 heavy (non-hydrogen) atoms. The highest BCUT2D eigenvalue weighted by molar-refractivity contribution is 9.10. The van der Waals surface area contributed by atoms with Crippen LogP contribution in [0.15, 0.2) is 45.8 Å². The summed E-state index contributed by atoms with van der Waals surface area (Å²) in [5.74, 6) is -1.73. The number of nitrogens with zero attached hydrogens (tertiary/aromatic N) is 1. The lowest BCUT2D eigenvalue weighted by atomic mass is 10.2. The number of amides is 1. The fourth-order valence-corrected chi connectivity index (χ4v) is 3.33. The first-order chi connectivity index (χ1) is 13.5. The number of nitrogens with two attached hydrogens (primary N) is 1. The maximum absolute atomic E-state index is 12.1. The molecule has 13 heteroatoms. The second-order valence-electron chi connectivity index (χ2n) is 5.46. The van der Waals surface area contributed by atoms with Crippen LogP contribution in [0.5, 0.6) is 5.75 Å². The van der Waals surface area contributed by atoms with Crippen LogP contribution in [0.3, 0.4) is 0 Å². The van der Waals surface area contributed by atoms with Crippen molar-refractivity contribution in [3.63, 3.8) is 0 Å². The van der Waals surface area contributed by atoms with Crippen molar-refractivity contribution in [2.75, 3.05) is 19.0 Å². The summed E-state index contributed by atoms with van der Waals surface area (Å²) in [6.07, 6.45) is 0. The number of carbonyl (C=O) groups is 2. The number of benzene rings is 2. The normalized spacial score (nSPS) is 10.9. The number of rotatable bonds is 7. The van der Waals surface area contributed by atoms with Gasteiger partial charge in [0.1, 0.15) is 10.6 Å². The highest BCUT2D eigenvalue weighted by Crippen LogP contribution is 2.27. The van der Waals surface area contributed by atoms with Crippen molar-refractivity contribution >= 4 is 49.2 Å². The number of non-ortho nitro benzene ring substituents is 1. The summed E-state index contributed by atoms with van der Waals surface area (Å²) in [5, 5.41) is 18.2. The molecule has 0 fully saturated rings. The molecular formula is C16H14BrN3O8S. The molecule has 0 aliphatic carbocycles. The molecule has 0 aliphatic rings. The lowest BCUT2D eigenvalue weighted by molar-refractivity contribution is -0.384. The van der Waals surface area contributed by atoms with E-state index >= 15 is 0 Å². The largest absolute Gasteiger partial charge is 0.495 e. The summed E-state index contributed by atoms with van der Waals surface area (Å²) in [5.41, 5.74) is -0.0942. The van der Waals surface area contributed by atoms with E-state index in [0.29, 0.717) is 0 Å². The Hall–Kier alpha value is -3.03. The molecule has 154 valence electrons. The predicted octanol–water partition coefficient (Wildman–Crippen LogP) is 1.81. The van der Waals surface area contributed by atoms with Gasteiger partial charge in [0, 0.05) is 16.6 Å². The molecule has 2 aromatic rings. The third-order valence-electron chi connectivity index (χ3n) is 3.48. The smallest absolute Gasteiger partial charge is 0.338 e. The molecular weight excluding hydrogens is 474 g/mol. The molecule has 0 spiro atoms. The van der Waals surface area contributed by atoms with Crippen LogP contribution in [0, 0.1) is 10.1 Å². The maximum atomic E-state index is 12.1. The van der Waals surface area contributed by atoms with E-state index in [1.54, 1.807) is 0 Å². The van der Waals surface area contributed by atoms with Gasteiger partial charge in [-0.2, -0.15) is 0 Å². The van der Waals surface area contributed by atoms with Crippen LogP contribution in [0.1, 0.15) is 10.4 Å². The van der Waals surface area contributed by atoms with Crippen molar-refractivity contribution < 1.29 is 32.4 Å². The molecule has 11 nitrogen and oxygen atoms in total. The Morgan fingerprint density at radius 2 is 1.93 bits per heavy atom. The lowest BCUT2D eigenvalue weighted by Gasteiger charge is -2.10. The zero-order valence-electron chi connectivity index (χ0n) is 14.7. The van der Waals surface area contributed by atoms with Crippen molar-refractivity contribution in [1.29, 1.82) is 0 Å². The molecule has 0 radical (unpaired) electrons. The van der Waals surface area contributed by atoms with Crippen molar-refractivity contribution in [3.05, 3.63) is 56.5 Å². The minimum absolute atomic E-state index is 0.0511.